The molecule has 0 radical (unpaired) electrons. The van der Waals surface area contributed by atoms with E-state index in [9.17, 15) is 13.2 Å². The maximum absolute atomic E-state index is 12.3. The van der Waals surface area contributed by atoms with Crippen LogP contribution >= 0.6 is 11.8 Å². The Balaban J connectivity index is 1.98. The van der Waals surface area contributed by atoms with E-state index in [0.717, 1.165) is 4.90 Å². The zero-order valence-electron chi connectivity index (χ0n) is 16.5. The molecule has 0 saturated heterocycles. The van der Waals surface area contributed by atoms with Crippen LogP contribution in [0.5, 0.6) is 5.75 Å². The average Bonchev–Trinajstić information content (AvgIpc) is 2.65. The third-order valence-corrected chi connectivity index (χ3v) is 6.00. The molecule has 8 heteroatoms. The van der Waals surface area contributed by atoms with Crippen LogP contribution in [0.25, 0.3) is 0 Å². The van der Waals surface area contributed by atoms with Crippen LogP contribution in [0.3, 0.4) is 0 Å². The molecule has 0 aliphatic heterocycles. The van der Waals surface area contributed by atoms with Crippen LogP contribution in [-0.4, -0.2) is 33.7 Å². The van der Waals surface area contributed by atoms with Crippen molar-refractivity contribution >= 4 is 33.4 Å². The van der Waals surface area contributed by atoms with Crippen LogP contribution < -0.4 is 14.8 Å². The lowest BCUT2D eigenvalue weighted by Crippen LogP contribution is -2.27. The van der Waals surface area contributed by atoms with Crippen molar-refractivity contribution in [2.24, 2.45) is 5.92 Å². The Morgan fingerprint density at radius 2 is 1.93 bits per heavy atom. The van der Waals surface area contributed by atoms with Gasteiger partial charge >= 0.3 is 0 Å². The maximum Gasteiger partial charge on any atom is 0.262 e. The predicted molar refractivity (Wildman–Crippen MR) is 114 cm³/mol. The van der Waals surface area contributed by atoms with Gasteiger partial charge in [-0.15, -0.1) is 11.8 Å². The Hall–Kier alpha value is -2.03. The summed E-state index contributed by atoms with van der Waals surface area (Å²) in [6, 6.07) is 12.1. The molecule has 0 aliphatic rings. The molecule has 2 rings (SSSR count). The smallest absolute Gasteiger partial charge is 0.262 e. The fourth-order valence-corrected chi connectivity index (χ4v) is 4.11. The summed E-state index contributed by atoms with van der Waals surface area (Å²) in [5.74, 6) is 0.400. The summed E-state index contributed by atoms with van der Waals surface area (Å²) in [6.45, 7) is 5.83. The molecule has 0 heterocycles. The third-order valence-electron chi connectivity index (χ3n) is 3.85. The number of benzene rings is 2. The molecule has 0 unspecified atom stereocenters. The number of rotatable bonds is 9. The van der Waals surface area contributed by atoms with Crippen molar-refractivity contribution in [2.75, 3.05) is 24.7 Å². The summed E-state index contributed by atoms with van der Waals surface area (Å²) in [6.07, 6.45) is 1.97. The van der Waals surface area contributed by atoms with Gasteiger partial charge in [0.25, 0.3) is 5.91 Å². The molecule has 1 amide bonds. The Kier molecular flexibility index (Phi) is 7.91. The van der Waals surface area contributed by atoms with Gasteiger partial charge in [-0.2, -0.15) is 0 Å². The lowest BCUT2D eigenvalue weighted by atomic mass is 10.2. The van der Waals surface area contributed by atoms with Crippen molar-refractivity contribution in [3.05, 3.63) is 48.0 Å². The van der Waals surface area contributed by atoms with E-state index in [1.54, 1.807) is 24.8 Å². The molecular formula is C20H26N2O4S2. The monoisotopic (exact) mass is 422 g/mol. The van der Waals surface area contributed by atoms with Gasteiger partial charge < -0.3 is 10.1 Å². The standard InChI is InChI=1S/C20H26N2O4S2/c1-14(2)12-21-28(24,25)18-8-9-19(15(3)10-18)26-13-20(23)22-16-6-5-7-17(11-16)27-4/h5-11,14,21H,12-13H2,1-4H3,(H,22,23). The van der Waals surface area contributed by atoms with Gasteiger partial charge in [0.15, 0.2) is 6.61 Å². The van der Waals surface area contributed by atoms with Crippen molar-refractivity contribution in [1.29, 1.82) is 0 Å². The minimum absolute atomic E-state index is 0.165. The number of nitrogens with one attached hydrogen (secondary N) is 2. The molecular weight excluding hydrogens is 396 g/mol. The highest BCUT2D eigenvalue weighted by atomic mass is 32.2. The number of carbonyl (C=O) groups is 1. The summed E-state index contributed by atoms with van der Waals surface area (Å²) >= 11 is 1.59. The number of anilines is 1. The summed E-state index contributed by atoms with van der Waals surface area (Å²) in [5, 5.41) is 2.79. The van der Waals surface area contributed by atoms with Crippen molar-refractivity contribution in [3.63, 3.8) is 0 Å². The molecule has 0 saturated carbocycles. The van der Waals surface area contributed by atoms with Crippen LogP contribution in [-0.2, 0) is 14.8 Å². The third kappa shape index (κ3) is 6.54. The normalized spacial score (nSPS) is 11.5. The number of sulfonamides is 1. The number of aryl methyl sites for hydroxylation is 1. The highest BCUT2D eigenvalue weighted by Crippen LogP contribution is 2.22. The van der Waals surface area contributed by atoms with E-state index in [1.807, 2.05) is 44.4 Å². The topological polar surface area (TPSA) is 84.5 Å². The van der Waals surface area contributed by atoms with E-state index >= 15 is 0 Å². The van der Waals surface area contributed by atoms with E-state index < -0.39 is 10.0 Å². The zero-order chi connectivity index (χ0) is 20.7. The summed E-state index contributed by atoms with van der Waals surface area (Å²) in [4.78, 5) is 13.4. The molecule has 0 aliphatic carbocycles. The SMILES string of the molecule is CSc1cccc(NC(=O)COc2ccc(S(=O)(=O)NCC(C)C)cc2C)c1. The minimum Gasteiger partial charge on any atom is -0.483 e. The minimum atomic E-state index is -3.56. The summed E-state index contributed by atoms with van der Waals surface area (Å²) < 4.78 is 32.7. The van der Waals surface area contributed by atoms with Crippen LogP contribution in [0.1, 0.15) is 19.4 Å². The molecule has 28 heavy (non-hydrogen) atoms. The van der Waals surface area contributed by atoms with Gasteiger partial charge in [0.2, 0.25) is 10.0 Å². The number of hydrogen-bond acceptors (Lipinski definition) is 5. The molecule has 0 aromatic heterocycles. The van der Waals surface area contributed by atoms with E-state index in [0.29, 0.717) is 23.5 Å². The highest BCUT2D eigenvalue weighted by Gasteiger charge is 2.16. The van der Waals surface area contributed by atoms with Crippen molar-refractivity contribution in [3.8, 4) is 5.75 Å². The molecule has 2 aromatic carbocycles. The Morgan fingerprint density at radius 3 is 2.57 bits per heavy atom. The van der Waals surface area contributed by atoms with Crippen molar-refractivity contribution < 1.29 is 17.9 Å². The van der Waals surface area contributed by atoms with E-state index in [1.165, 1.54) is 12.1 Å². The summed E-state index contributed by atoms with van der Waals surface area (Å²) in [5.41, 5.74) is 1.35. The first-order chi connectivity index (χ1) is 13.2. The van der Waals surface area contributed by atoms with Crippen LogP contribution in [0.4, 0.5) is 5.69 Å². The molecule has 0 spiro atoms. The lowest BCUT2D eigenvalue weighted by Gasteiger charge is -2.13. The molecule has 2 N–H and O–H groups in total. The maximum atomic E-state index is 12.3. The van der Waals surface area contributed by atoms with Gasteiger partial charge in [-0.3, -0.25) is 4.79 Å². The fraction of sp³-hybridized carbons (Fsp3) is 0.350. The second kappa shape index (κ2) is 9.95. The Bertz CT molecular complexity index is 928. The summed E-state index contributed by atoms with van der Waals surface area (Å²) in [7, 11) is -3.56. The van der Waals surface area contributed by atoms with Gasteiger partial charge in [-0.25, -0.2) is 13.1 Å². The molecule has 6 nitrogen and oxygen atoms in total. The van der Waals surface area contributed by atoms with Gasteiger partial charge in [-0.1, -0.05) is 19.9 Å². The van der Waals surface area contributed by atoms with Crippen LogP contribution in [0.15, 0.2) is 52.3 Å². The zero-order valence-corrected chi connectivity index (χ0v) is 18.1. The lowest BCUT2D eigenvalue weighted by molar-refractivity contribution is -0.118. The predicted octanol–water partition coefficient (Wildman–Crippen LogP) is 3.67. The molecule has 0 fully saturated rings. The number of carbonyl (C=O) groups excluding carboxylic acids is 1. The van der Waals surface area contributed by atoms with E-state index in [2.05, 4.69) is 10.0 Å². The van der Waals surface area contributed by atoms with Gasteiger partial charge in [0.1, 0.15) is 5.75 Å². The average molecular weight is 423 g/mol. The van der Waals surface area contributed by atoms with Gasteiger partial charge in [0, 0.05) is 17.1 Å². The number of amides is 1. The van der Waals surface area contributed by atoms with E-state index in [4.69, 9.17) is 4.74 Å². The second-order valence-corrected chi connectivity index (χ2v) is 9.39. The van der Waals surface area contributed by atoms with Crippen molar-refractivity contribution in [2.45, 2.75) is 30.6 Å². The largest absolute Gasteiger partial charge is 0.483 e. The van der Waals surface area contributed by atoms with Gasteiger partial charge in [-0.05, 0) is 61.1 Å². The van der Waals surface area contributed by atoms with Crippen molar-refractivity contribution in [1.82, 2.24) is 4.72 Å². The number of ether oxygens (including phenoxy) is 1. The van der Waals surface area contributed by atoms with Crippen LogP contribution in [0.2, 0.25) is 0 Å². The first-order valence-corrected chi connectivity index (χ1v) is 11.6. The number of hydrogen-bond donors (Lipinski definition) is 2. The Morgan fingerprint density at radius 1 is 1.18 bits per heavy atom. The number of thioether (sulfide) groups is 1. The quantitative estimate of drug-likeness (QED) is 0.603. The van der Waals surface area contributed by atoms with E-state index in [-0.39, 0.29) is 23.3 Å². The molecule has 152 valence electrons. The van der Waals surface area contributed by atoms with Crippen LogP contribution in [0, 0.1) is 12.8 Å². The fourth-order valence-electron chi connectivity index (χ4n) is 2.35. The first-order valence-electron chi connectivity index (χ1n) is 8.88. The second-order valence-electron chi connectivity index (χ2n) is 6.74. The molecule has 0 bridgehead atoms. The highest BCUT2D eigenvalue weighted by molar-refractivity contribution is 7.98. The molecule has 0 atom stereocenters. The molecule has 2 aromatic rings. The Labute approximate surface area is 171 Å². The van der Waals surface area contributed by atoms with Gasteiger partial charge in [0.05, 0.1) is 4.90 Å². The first kappa shape index (κ1) is 22.3.